The monoisotopic (exact) mass is 268 g/mol. The van der Waals surface area contributed by atoms with Gasteiger partial charge in [0.1, 0.15) is 24.1 Å². The molecule has 1 heterocycles. The van der Waals surface area contributed by atoms with Gasteiger partial charge in [-0.15, -0.1) is 0 Å². The number of rotatable bonds is 5. The summed E-state index contributed by atoms with van der Waals surface area (Å²) in [7, 11) is 0. The Balaban J connectivity index is 2.03. The van der Waals surface area contributed by atoms with Crippen LogP contribution in [0.5, 0.6) is 5.75 Å². The first kappa shape index (κ1) is 14.0. The lowest BCUT2D eigenvalue weighted by atomic mass is 10.1. The standard InChI is InChI=1S/C16H16N2O2/c1-2-16(19)12-5-7-14(8-6-12)20-11-13-4-3-9-18-15(13)10-17/h3-9,16,19H,2,11H2,1H3/t16-/m1/s1. The minimum atomic E-state index is -0.437. The van der Waals surface area contributed by atoms with E-state index in [2.05, 4.69) is 4.98 Å². The largest absolute Gasteiger partial charge is 0.489 e. The maximum absolute atomic E-state index is 9.71. The predicted molar refractivity (Wildman–Crippen MR) is 75.0 cm³/mol. The smallest absolute Gasteiger partial charge is 0.147 e. The molecule has 1 atom stereocenters. The highest BCUT2D eigenvalue weighted by Crippen LogP contribution is 2.20. The molecular formula is C16H16N2O2. The van der Waals surface area contributed by atoms with Crippen molar-refractivity contribution in [1.82, 2.24) is 4.98 Å². The van der Waals surface area contributed by atoms with Crippen LogP contribution in [0.2, 0.25) is 0 Å². The Morgan fingerprint density at radius 3 is 2.70 bits per heavy atom. The van der Waals surface area contributed by atoms with E-state index in [1.165, 1.54) is 0 Å². The van der Waals surface area contributed by atoms with Crippen molar-refractivity contribution in [3.63, 3.8) is 0 Å². The summed E-state index contributed by atoms with van der Waals surface area (Å²) in [5.74, 6) is 0.699. The summed E-state index contributed by atoms with van der Waals surface area (Å²) in [5.41, 5.74) is 2.01. The number of pyridine rings is 1. The first-order valence-corrected chi connectivity index (χ1v) is 6.49. The lowest BCUT2D eigenvalue weighted by Gasteiger charge is -2.10. The highest BCUT2D eigenvalue weighted by Gasteiger charge is 2.06. The number of aromatic nitrogens is 1. The molecule has 0 amide bonds. The molecule has 1 N–H and O–H groups in total. The second-order valence-corrected chi connectivity index (χ2v) is 4.40. The highest BCUT2D eigenvalue weighted by molar-refractivity contribution is 5.32. The SMILES string of the molecule is CC[C@@H](O)c1ccc(OCc2cccnc2C#N)cc1. The first-order valence-electron chi connectivity index (χ1n) is 6.49. The van der Waals surface area contributed by atoms with E-state index in [-0.39, 0.29) is 0 Å². The maximum Gasteiger partial charge on any atom is 0.147 e. The molecule has 0 radical (unpaired) electrons. The topological polar surface area (TPSA) is 66.1 Å². The normalized spacial score (nSPS) is 11.7. The van der Waals surface area contributed by atoms with E-state index in [0.29, 0.717) is 24.5 Å². The van der Waals surface area contributed by atoms with Gasteiger partial charge >= 0.3 is 0 Å². The van der Waals surface area contributed by atoms with Crippen molar-refractivity contribution >= 4 is 0 Å². The fraction of sp³-hybridized carbons (Fsp3) is 0.250. The van der Waals surface area contributed by atoms with Crippen LogP contribution in [0.15, 0.2) is 42.6 Å². The van der Waals surface area contributed by atoms with Crippen molar-refractivity contribution in [2.75, 3.05) is 0 Å². The average Bonchev–Trinajstić information content (AvgIpc) is 2.53. The van der Waals surface area contributed by atoms with Gasteiger partial charge < -0.3 is 9.84 Å². The van der Waals surface area contributed by atoms with Gasteiger partial charge in [0.25, 0.3) is 0 Å². The molecule has 4 heteroatoms. The number of hydrogen-bond acceptors (Lipinski definition) is 4. The van der Waals surface area contributed by atoms with E-state index in [1.54, 1.807) is 12.3 Å². The Morgan fingerprint density at radius 1 is 1.30 bits per heavy atom. The molecule has 20 heavy (non-hydrogen) atoms. The molecule has 2 aromatic rings. The third-order valence-electron chi connectivity index (χ3n) is 3.04. The van der Waals surface area contributed by atoms with E-state index in [9.17, 15) is 5.11 Å². The molecule has 0 unspecified atom stereocenters. The van der Waals surface area contributed by atoms with Crippen LogP contribution in [-0.4, -0.2) is 10.1 Å². The molecule has 0 bridgehead atoms. The molecule has 0 saturated heterocycles. The molecule has 1 aromatic carbocycles. The molecule has 2 rings (SSSR count). The fourth-order valence-electron chi connectivity index (χ4n) is 1.84. The van der Waals surface area contributed by atoms with Gasteiger partial charge in [0, 0.05) is 11.8 Å². The van der Waals surface area contributed by atoms with Crippen LogP contribution >= 0.6 is 0 Å². The number of benzene rings is 1. The van der Waals surface area contributed by atoms with Gasteiger partial charge in [-0.2, -0.15) is 5.26 Å². The lowest BCUT2D eigenvalue weighted by Crippen LogP contribution is -2.00. The van der Waals surface area contributed by atoms with Crippen molar-refractivity contribution < 1.29 is 9.84 Å². The number of ether oxygens (including phenoxy) is 1. The zero-order valence-electron chi connectivity index (χ0n) is 11.3. The number of nitriles is 1. The number of aliphatic hydroxyl groups excluding tert-OH is 1. The minimum Gasteiger partial charge on any atom is -0.489 e. The van der Waals surface area contributed by atoms with Crippen LogP contribution in [0.4, 0.5) is 0 Å². The second kappa shape index (κ2) is 6.69. The van der Waals surface area contributed by atoms with Gasteiger partial charge in [-0.05, 0) is 30.2 Å². The van der Waals surface area contributed by atoms with Crippen LogP contribution in [0, 0.1) is 11.3 Å². The Hall–Kier alpha value is -2.38. The molecule has 102 valence electrons. The molecule has 0 aliphatic heterocycles. The molecule has 0 spiro atoms. The Labute approximate surface area is 118 Å². The molecule has 4 nitrogen and oxygen atoms in total. The molecular weight excluding hydrogens is 252 g/mol. The Kier molecular flexibility index (Phi) is 4.70. The summed E-state index contributed by atoms with van der Waals surface area (Å²) in [5, 5.41) is 18.7. The van der Waals surface area contributed by atoms with Crippen LogP contribution in [0.25, 0.3) is 0 Å². The van der Waals surface area contributed by atoms with Crippen molar-refractivity contribution in [2.24, 2.45) is 0 Å². The summed E-state index contributed by atoms with van der Waals surface area (Å²) >= 11 is 0. The molecule has 0 saturated carbocycles. The highest BCUT2D eigenvalue weighted by atomic mass is 16.5. The van der Waals surface area contributed by atoms with E-state index in [0.717, 1.165) is 11.1 Å². The van der Waals surface area contributed by atoms with Crippen molar-refractivity contribution in [1.29, 1.82) is 5.26 Å². The predicted octanol–water partition coefficient (Wildman–Crippen LogP) is 2.98. The minimum absolute atomic E-state index is 0.298. The summed E-state index contributed by atoms with van der Waals surface area (Å²) in [6.07, 6.45) is 1.83. The van der Waals surface area contributed by atoms with Crippen LogP contribution in [-0.2, 0) is 6.61 Å². The third kappa shape index (κ3) is 3.34. The first-order chi connectivity index (χ1) is 9.74. The van der Waals surface area contributed by atoms with Gasteiger partial charge in [-0.25, -0.2) is 4.98 Å². The lowest BCUT2D eigenvalue weighted by molar-refractivity contribution is 0.173. The van der Waals surface area contributed by atoms with Gasteiger partial charge in [0.15, 0.2) is 0 Å². The molecule has 0 aliphatic rings. The summed E-state index contributed by atoms with van der Waals surface area (Å²) in [6.45, 7) is 2.23. The zero-order valence-corrected chi connectivity index (χ0v) is 11.3. The zero-order chi connectivity index (χ0) is 14.4. The summed E-state index contributed by atoms with van der Waals surface area (Å²) in [6, 6.07) is 13.0. The Bertz CT molecular complexity index is 603. The molecule has 0 aliphatic carbocycles. The van der Waals surface area contributed by atoms with Crippen molar-refractivity contribution in [2.45, 2.75) is 26.1 Å². The molecule has 0 fully saturated rings. The summed E-state index contributed by atoms with van der Waals surface area (Å²) in [4.78, 5) is 3.98. The molecule has 1 aromatic heterocycles. The van der Waals surface area contributed by atoms with Crippen LogP contribution in [0.1, 0.15) is 36.3 Å². The Morgan fingerprint density at radius 2 is 2.05 bits per heavy atom. The summed E-state index contributed by atoms with van der Waals surface area (Å²) < 4.78 is 5.63. The van der Waals surface area contributed by atoms with Gasteiger partial charge in [-0.1, -0.05) is 25.1 Å². The number of aliphatic hydroxyl groups is 1. The van der Waals surface area contributed by atoms with Crippen LogP contribution < -0.4 is 4.74 Å². The van der Waals surface area contributed by atoms with Crippen molar-refractivity contribution in [3.05, 3.63) is 59.4 Å². The fourth-order valence-corrected chi connectivity index (χ4v) is 1.84. The van der Waals surface area contributed by atoms with E-state index >= 15 is 0 Å². The number of nitrogens with zero attached hydrogens (tertiary/aromatic N) is 2. The average molecular weight is 268 g/mol. The van der Waals surface area contributed by atoms with Gasteiger partial charge in [0.05, 0.1) is 6.10 Å². The van der Waals surface area contributed by atoms with Crippen molar-refractivity contribution in [3.8, 4) is 11.8 Å². The van der Waals surface area contributed by atoms with E-state index in [1.807, 2.05) is 43.3 Å². The van der Waals surface area contributed by atoms with Crippen LogP contribution in [0.3, 0.4) is 0 Å². The van der Waals surface area contributed by atoms with Gasteiger partial charge in [-0.3, -0.25) is 0 Å². The number of hydrogen-bond donors (Lipinski definition) is 1. The third-order valence-corrected chi connectivity index (χ3v) is 3.04. The van der Waals surface area contributed by atoms with E-state index < -0.39 is 6.10 Å². The maximum atomic E-state index is 9.71. The van der Waals surface area contributed by atoms with Gasteiger partial charge in [0.2, 0.25) is 0 Å². The second-order valence-electron chi connectivity index (χ2n) is 4.40. The quantitative estimate of drug-likeness (QED) is 0.905. The van der Waals surface area contributed by atoms with E-state index in [4.69, 9.17) is 10.00 Å².